The molecular formula is C11H17N3O6. The molecule has 1 aliphatic rings. The van der Waals surface area contributed by atoms with E-state index in [1.54, 1.807) is 0 Å². The van der Waals surface area contributed by atoms with Gasteiger partial charge in [-0.05, 0) is 19.8 Å². The lowest BCUT2D eigenvalue weighted by Crippen LogP contribution is -2.52. The van der Waals surface area contributed by atoms with Crippen LogP contribution in [0.15, 0.2) is 0 Å². The second-order valence-corrected chi connectivity index (χ2v) is 4.60. The molecule has 0 heterocycles. The minimum absolute atomic E-state index is 0.135. The first kappa shape index (κ1) is 15.7. The first-order valence-electron chi connectivity index (χ1n) is 6.09. The van der Waals surface area contributed by atoms with Gasteiger partial charge in [-0.3, -0.25) is 14.4 Å². The Morgan fingerprint density at radius 2 is 1.65 bits per heavy atom. The van der Waals surface area contributed by atoms with Crippen molar-refractivity contribution in [1.82, 2.24) is 15.5 Å². The van der Waals surface area contributed by atoms with E-state index in [1.165, 1.54) is 6.92 Å². The minimum atomic E-state index is -1.34. The molecule has 1 fully saturated rings. The van der Waals surface area contributed by atoms with Gasteiger partial charge in [-0.1, -0.05) is 0 Å². The normalized spacial score (nSPS) is 15.1. The van der Waals surface area contributed by atoms with Gasteiger partial charge < -0.3 is 25.7 Å². The summed E-state index contributed by atoms with van der Waals surface area (Å²) in [5.74, 6) is -3.06. The number of hydrogen-bond donors (Lipinski definition) is 4. The Bertz CT molecular complexity index is 404. The summed E-state index contributed by atoms with van der Waals surface area (Å²) < 4.78 is 0. The molecule has 0 aromatic rings. The molecule has 9 nitrogen and oxygen atoms in total. The van der Waals surface area contributed by atoms with Gasteiger partial charge in [0.05, 0.1) is 0 Å². The molecule has 1 rings (SSSR count). The quantitative estimate of drug-likeness (QED) is 0.466. The van der Waals surface area contributed by atoms with Crippen molar-refractivity contribution >= 4 is 23.9 Å². The van der Waals surface area contributed by atoms with Gasteiger partial charge in [0, 0.05) is 6.04 Å². The van der Waals surface area contributed by atoms with E-state index < -0.39 is 37.1 Å². The summed E-state index contributed by atoms with van der Waals surface area (Å²) >= 11 is 0. The largest absolute Gasteiger partial charge is 0.480 e. The Balaban J connectivity index is 2.51. The first-order valence-corrected chi connectivity index (χ1v) is 6.09. The number of nitrogens with zero attached hydrogens (tertiary/aromatic N) is 1. The van der Waals surface area contributed by atoms with Crippen LogP contribution in [-0.4, -0.2) is 64.2 Å². The van der Waals surface area contributed by atoms with E-state index in [4.69, 9.17) is 10.2 Å². The molecule has 0 saturated heterocycles. The van der Waals surface area contributed by atoms with E-state index >= 15 is 0 Å². The molecule has 112 valence electrons. The van der Waals surface area contributed by atoms with Crippen LogP contribution in [-0.2, 0) is 14.4 Å². The maximum absolute atomic E-state index is 11.7. The number of urea groups is 1. The minimum Gasteiger partial charge on any atom is -0.480 e. The maximum atomic E-state index is 11.7. The fourth-order valence-corrected chi connectivity index (χ4v) is 1.42. The van der Waals surface area contributed by atoms with Gasteiger partial charge in [-0.2, -0.15) is 0 Å². The molecule has 1 aliphatic carbocycles. The number of nitrogens with one attached hydrogen (secondary N) is 2. The smallest absolute Gasteiger partial charge is 0.323 e. The molecule has 0 spiro atoms. The highest BCUT2D eigenvalue weighted by Gasteiger charge is 2.27. The average molecular weight is 287 g/mol. The molecule has 0 radical (unpaired) electrons. The van der Waals surface area contributed by atoms with Crippen LogP contribution < -0.4 is 10.6 Å². The summed E-state index contributed by atoms with van der Waals surface area (Å²) in [6, 6.07) is -1.64. The van der Waals surface area contributed by atoms with E-state index in [-0.39, 0.29) is 11.9 Å². The van der Waals surface area contributed by atoms with Gasteiger partial charge in [0.2, 0.25) is 5.91 Å². The Kier molecular flexibility index (Phi) is 5.30. The monoisotopic (exact) mass is 287 g/mol. The zero-order chi connectivity index (χ0) is 15.3. The molecule has 0 aromatic heterocycles. The molecule has 3 amide bonds. The lowest BCUT2D eigenvalue weighted by molar-refractivity contribution is -0.140. The SMILES string of the molecule is CC(NC(=O)N(CC(=O)O)CC(=O)O)C(=O)NC1CC1. The average Bonchev–Trinajstić information content (AvgIpc) is 3.10. The Labute approximate surface area is 114 Å². The van der Waals surface area contributed by atoms with Gasteiger partial charge >= 0.3 is 18.0 Å². The molecule has 0 aliphatic heterocycles. The zero-order valence-corrected chi connectivity index (χ0v) is 11.0. The molecule has 9 heteroatoms. The number of aliphatic carboxylic acids is 2. The lowest BCUT2D eigenvalue weighted by atomic mass is 10.3. The van der Waals surface area contributed by atoms with Crippen molar-refractivity contribution in [3.8, 4) is 0 Å². The Morgan fingerprint density at radius 1 is 1.15 bits per heavy atom. The van der Waals surface area contributed by atoms with Crippen LogP contribution in [0.4, 0.5) is 4.79 Å². The molecule has 1 unspecified atom stereocenters. The van der Waals surface area contributed by atoms with E-state index in [1.807, 2.05) is 0 Å². The number of carbonyl (C=O) groups is 4. The lowest BCUT2D eigenvalue weighted by Gasteiger charge is -2.21. The topological polar surface area (TPSA) is 136 Å². The van der Waals surface area contributed by atoms with Gasteiger partial charge in [0.1, 0.15) is 19.1 Å². The third-order valence-corrected chi connectivity index (χ3v) is 2.60. The number of hydrogen-bond acceptors (Lipinski definition) is 4. The van der Waals surface area contributed by atoms with Gasteiger partial charge in [-0.25, -0.2) is 4.79 Å². The van der Waals surface area contributed by atoms with Crippen LogP contribution in [0.5, 0.6) is 0 Å². The second kappa shape index (κ2) is 6.73. The number of rotatable bonds is 7. The van der Waals surface area contributed by atoms with E-state index in [0.717, 1.165) is 12.8 Å². The first-order chi connectivity index (χ1) is 9.29. The van der Waals surface area contributed by atoms with E-state index in [2.05, 4.69) is 10.6 Å². The Morgan fingerprint density at radius 3 is 2.05 bits per heavy atom. The van der Waals surface area contributed by atoms with Crippen LogP contribution >= 0.6 is 0 Å². The molecular weight excluding hydrogens is 270 g/mol. The number of carboxylic acid groups (broad SMARTS) is 2. The fourth-order valence-electron chi connectivity index (χ4n) is 1.42. The van der Waals surface area contributed by atoms with Crippen LogP contribution in [0.3, 0.4) is 0 Å². The fraction of sp³-hybridized carbons (Fsp3) is 0.636. The van der Waals surface area contributed by atoms with Crippen molar-refractivity contribution in [2.24, 2.45) is 0 Å². The third kappa shape index (κ3) is 5.55. The summed E-state index contributed by atoms with van der Waals surface area (Å²) in [5, 5.41) is 22.2. The van der Waals surface area contributed by atoms with Crippen molar-refractivity contribution in [3.63, 3.8) is 0 Å². The van der Waals surface area contributed by atoms with Crippen molar-refractivity contribution < 1.29 is 29.4 Å². The highest BCUT2D eigenvalue weighted by molar-refractivity contribution is 5.89. The summed E-state index contributed by atoms with van der Waals surface area (Å²) in [7, 11) is 0. The Hall–Kier alpha value is -2.32. The second-order valence-electron chi connectivity index (χ2n) is 4.60. The highest BCUT2D eigenvalue weighted by Crippen LogP contribution is 2.18. The number of amides is 3. The van der Waals surface area contributed by atoms with Gasteiger partial charge in [0.15, 0.2) is 0 Å². The molecule has 0 aromatic carbocycles. The van der Waals surface area contributed by atoms with Gasteiger partial charge in [-0.15, -0.1) is 0 Å². The summed E-state index contributed by atoms with van der Waals surface area (Å²) in [6.07, 6.45) is 1.80. The van der Waals surface area contributed by atoms with Crippen LogP contribution in [0.2, 0.25) is 0 Å². The van der Waals surface area contributed by atoms with Gasteiger partial charge in [0.25, 0.3) is 0 Å². The molecule has 4 N–H and O–H groups in total. The number of carboxylic acids is 2. The van der Waals surface area contributed by atoms with Crippen molar-refractivity contribution in [1.29, 1.82) is 0 Å². The molecule has 20 heavy (non-hydrogen) atoms. The van der Waals surface area contributed by atoms with E-state index in [0.29, 0.717) is 4.90 Å². The molecule has 1 saturated carbocycles. The molecule has 1 atom stereocenters. The summed E-state index contributed by atoms with van der Waals surface area (Å²) in [5.41, 5.74) is 0. The molecule has 0 bridgehead atoms. The highest BCUT2D eigenvalue weighted by atomic mass is 16.4. The summed E-state index contributed by atoms with van der Waals surface area (Å²) in [6.45, 7) is -0.0699. The van der Waals surface area contributed by atoms with E-state index in [9.17, 15) is 19.2 Å². The van der Waals surface area contributed by atoms with Crippen molar-refractivity contribution in [2.45, 2.75) is 31.8 Å². The van der Waals surface area contributed by atoms with Crippen LogP contribution in [0, 0.1) is 0 Å². The zero-order valence-electron chi connectivity index (χ0n) is 11.0. The summed E-state index contributed by atoms with van der Waals surface area (Å²) in [4.78, 5) is 45.1. The predicted molar refractivity (Wildman–Crippen MR) is 66.0 cm³/mol. The number of carbonyl (C=O) groups excluding carboxylic acids is 2. The predicted octanol–water partition coefficient (Wildman–Crippen LogP) is -1.17. The van der Waals surface area contributed by atoms with Crippen molar-refractivity contribution in [3.05, 3.63) is 0 Å². The van der Waals surface area contributed by atoms with Crippen molar-refractivity contribution in [2.75, 3.05) is 13.1 Å². The maximum Gasteiger partial charge on any atom is 0.323 e. The van der Waals surface area contributed by atoms with Crippen LogP contribution in [0.25, 0.3) is 0 Å². The standard InChI is InChI=1S/C11H17N3O6/c1-6(10(19)13-7-2-3-7)12-11(20)14(4-8(15)16)5-9(17)18/h6-7H,2-5H2,1H3,(H,12,20)(H,13,19)(H,15,16)(H,17,18). The third-order valence-electron chi connectivity index (χ3n) is 2.60. The van der Waals surface area contributed by atoms with Crippen LogP contribution in [0.1, 0.15) is 19.8 Å².